The molecule has 9 heteroatoms. The third-order valence-electron chi connectivity index (χ3n) is 4.19. The van der Waals surface area contributed by atoms with Gasteiger partial charge in [0, 0.05) is 32.2 Å². The van der Waals surface area contributed by atoms with Crippen molar-refractivity contribution in [1.82, 2.24) is 10.1 Å². The van der Waals surface area contributed by atoms with Crippen LogP contribution < -0.4 is 10.0 Å². The van der Waals surface area contributed by atoms with Crippen molar-refractivity contribution in [3.63, 3.8) is 0 Å². The van der Waals surface area contributed by atoms with Crippen molar-refractivity contribution >= 4 is 15.7 Å². The van der Waals surface area contributed by atoms with E-state index in [0.717, 1.165) is 43.3 Å². The molecule has 0 saturated carbocycles. The smallest absolute Gasteiger partial charge is 0.238 e. The highest BCUT2D eigenvalue weighted by molar-refractivity contribution is 7.89. The monoisotopic (exact) mass is 361 g/mol. The minimum absolute atomic E-state index is 0.0490. The van der Waals surface area contributed by atoms with Crippen molar-refractivity contribution in [2.24, 2.45) is 5.14 Å². The van der Waals surface area contributed by atoms with E-state index in [2.05, 4.69) is 21.0 Å². The number of anilines is 1. The molecule has 0 atom stereocenters. The molecule has 25 heavy (non-hydrogen) atoms. The number of nitrogens with zero attached hydrogens (tertiary/aromatic N) is 4. The van der Waals surface area contributed by atoms with E-state index in [0.29, 0.717) is 12.1 Å². The fourth-order valence-electron chi connectivity index (χ4n) is 2.92. The Morgan fingerprint density at radius 1 is 1.28 bits per heavy atom. The number of nitrogens with two attached hydrogens (primary N) is 1. The normalized spacial score (nSPS) is 16.0. The Kier molecular flexibility index (Phi) is 4.76. The standard InChI is InChI=1S/C16H19N5O3S/c1-12-8-14(24-19-12)11-20-4-6-21(7-5-20)16-3-2-15(25(18,22)23)9-13(16)10-17/h2-3,8-9H,4-7,11H2,1H3,(H2,18,22,23). The summed E-state index contributed by atoms with van der Waals surface area (Å²) in [4.78, 5) is 4.28. The number of aromatic nitrogens is 1. The second-order valence-electron chi connectivity index (χ2n) is 6.03. The maximum absolute atomic E-state index is 11.4. The third-order valence-corrected chi connectivity index (χ3v) is 5.10. The molecule has 0 amide bonds. The number of benzene rings is 1. The molecule has 2 aromatic rings. The Morgan fingerprint density at radius 3 is 2.56 bits per heavy atom. The van der Waals surface area contributed by atoms with Crippen LogP contribution in [0.25, 0.3) is 0 Å². The number of hydrogen-bond donors (Lipinski definition) is 1. The second kappa shape index (κ2) is 6.84. The molecule has 1 saturated heterocycles. The molecule has 132 valence electrons. The molecule has 1 aliphatic heterocycles. The average molecular weight is 361 g/mol. The molecule has 0 radical (unpaired) electrons. The Bertz CT molecular complexity index is 908. The fraction of sp³-hybridized carbons (Fsp3) is 0.375. The SMILES string of the molecule is Cc1cc(CN2CCN(c3ccc(S(N)(=O)=O)cc3C#N)CC2)on1. The van der Waals surface area contributed by atoms with Gasteiger partial charge in [-0.2, -0.15) is 5.26 Å². The number of primary sulfonamides is 1. The summed E-state index contributed by atoms with van der Waals surface area (Å²) in [6.07, 6.45) is 0. The zero-order valence-corrected chi connectivity index (χ0v) is 14.7. The Morgan fingerprint density at radius 2 is 2.00 bits per heavy atom. The lowest BCUT2D eigenvalue weighted by molar-refractivity contribution is 0.219. The molecular weight excluding hydrogens is 342 g/mol. The molecule has 3 rings (SSSR count). The van der Waals surface area contributed by atoms with Gasteiger partial charge in [-0.3, -0.25) is 4.90 Å². The number of rotatable bonds is 4. The van der Waals surface area contributed by atoms with E-state index in [1.165, 1.54) is 12.1 Å². The number of piperazine rings is 1. The van der Waals surface area contributed by atoms with Gasteiger partial charge in [-0.25, -0.2) is 13.6 Å². The summed E-state index contributed by atoms with van der Waals surface area (Å²) in [5, 5.41) is 18.4. The van der Waals surface area contributed by atoms with Gasteiger partial charge in [0.2, 0.25) is 10.0 Å². The largest absolute Gasteiger partial charge is 0.368 e. The molecule has 2 heterocycles. The zero-order chi connectivity index (χ0) is 18.0. The fourth-order valence-corrected chi connectivity index (χ4v) is 3.46. The van der Waals surface area contributed by atoms with E-state index >= 15 is 0 Å². The van der Waals surface area contributed by atoms with Crippen LogP contribution in [0.4, 0.5) is 5.69 Å². The van der Waals surface area contributed by atoms with Crippen LogP contribution in [-0.4, -0.2) is 44.7 Å². The van der Waals surface area contributed by atoms with Gasteiger partial charge in [-0.1, -0.05) is 5.16 Å². The number of hydrogen-bond acceptors (Lipinski definition) is 7. The highest BCUT2D eigenvalue weighted by atomic mass is 32.2. The van der Waals surface area contributed by atoms with Gasteiger partial charge >= 0.3 is 0 Å². The van der Waals surface area contributed by atoms with E-state index in [1.807, 2.05) is 13.0 Å². The Labute approximate surface area is 146 Å². The zero-order valence-electron chi connectivity index (χ0n) is 13.8. The van der Waals surface area contributed by atoms with Crippen molar-refractivity contribution in [1.29, 1.82) is 5.26 Å². The van der Waals surface area contributed by atoms with E-state index in [-0.39, 0.29) is 4.90 Å². The topological polar surface area (TPSA) is 116 Å². The number of nitriles is 1. The van der Waals surface area contributed by atoms with Crippen LogP contribution in [0.1, 0.15) is 17.0 Å². The molecular formula is C16H19N5O3S. The van der Waals surface area contributed by atoms with Crippen LogP contribution in [0.3, 0.4) is 0 Å². The molecule has 0 aliphatic carbocycles. The molecule has 2 N–H and O–H groups in total. The van der Waals surface area contributed by atoms with Crippen LogP contribution in [0, 0.1) is 18.3 Å². The van der Waals surface area contributed by atoms with Crippen LogP contribution in [0.5, 0.6) is 0 Å². The summed E-state index contributed by atoms with van der Waals surface area (Å²) < 4.78 is 28.1. The van der Waals surface area contributed by atoms with Crippen molar-refractivity contribution < 1.29 is 12.9 Å². The first kappa shape index (κ1) is 17.4. The van der Waals surface area contributed by atoms with Crippen LogP contribution in [-0.2, 0) is 16.6 Å². The van der Waals surface area contributed by atoms with Crippen molar-refractivity contribution in [3.05, 3.63) is 41.3 Å². The van der Waals surface area contributed by atoms with E-state index in [4.69, 9.17) is 9.66 Å². The van der Waals surface area contributed by atoms with E-state index < -0.39 is 10.0 Å². The first-order valence-corrected chi connectivity index (χ1v) is 9.38. The van der Waals surface area contributed by atoms with Gasteiger partial charge in [0.15, 0.2) is 5.76 Å². The predicted octanol–water partition coefficient (Wildman–Crippen LogP) is 0.824. The highest BCUT2D eigenvalue weighted by Crippen LogP contribution is 2.24. The van der Waals surface area contributed by atoms with Crippen molar-refractivity contribution in [2.75, 3.05) is 31.1 Å². The van der Waals surface area contributed by atoms with Gasteiger partial charge < -0.3 is 9.42 Å². The van der Waals surface area contributed by atoms with E-state index in [9.17, 15) is 13.7 Å². The second-order valence-corrected chi connectivity index (χ2v) is 7.59. The summed E-state index contributed by atoms with van der Waals surface area (Å²) in [5.74, 6) is 0.834. The minimum Gasteiger partial charge on any atom is -0.368 e. The average Bonchev–Trinajstić information content (AvgIpc) is 2.99. The maximum atomic E-state index is 11.4. The first-order chi connectivity index (χ1) is 11.9. The Hall–Kier alpha value is -2.41. The summed E-state index contributed by atoms with van der Waals surface area (Å²) in [5.41, 5.74) is 1.90. The van der Waals surface area contributed by atoms with Gasteiger partial charge in [0.25, 0.3) is 0 Å². The molecule has 8 nitrogen and oxygen atoms in total. The lowest BCUT2D eigenvalue weighted by Gasteiger charge is -2.36. The van der Waals surface area contributed by atoms with Crippen LogP contribution in [0.2, 0.25) is 0 Å². The van der Waals surface area contributed by atoms with Gasteiger partial charge in [0.05, 0.1) is 28.4 Å². The minimum atomic E-state index is -3.82. The first-order valence-electron chi connectivity index (χ1n) is 7.83. The Balaban J connectivity index is 1.69. The maximum Gasteiger partial charge on any atom is 0.238 e. The van der Waals surface area contributed by atoms with Crippen LogP contribution in [0.15, 0.2) is 33.7 Å². The third kappa shape index (κ3) is 3.99. The lowest BCUT2D eigenvalue weighted by Crippen LogP contribution is -2.46. The molecule has 1 aliphatic rings. The number of aryl methyl sites for hydroxylation is 1. The predicted molar refractivity (Wildman–Crippen MR) is 91.3 cm³/mol. The summed E-state index contributed by atoms with van der Waals surface area (Å²) in [6, 6.07) is 8.40. The lowest BCUT2D eigenvalue weighted by atomic mass is 10.1. The van der Waals surface area contributed by atoms with Gasteiger partial charge in [0.1, 0.15) is 6.07 Å². The quantitative estimate of drug-likeness (QED) is 0.857. The van der Waals surface area contributed by atoms with Crippen LogP contribution >= 0.6 is 0 Å². The number of sulfonamides is 1. The molecule has 0 unspecified atom stereocenters. The molecule has 1 fully saturated rings. The molecule has 1 aromatic heterocycles. The van der Waals surface area contributed by atoms with Crippen molar-refractivity contribution in [3.8, 4) is 6.07 Å². The highest BCUT2D eigenvalue weighted by Gasteiger charge is 2.21. The molecule has 1 aromatic carbocycles. The van der Waals surface area contributed by atoms with Gasteiger partial charge in [-0.15, -0.1) is 0 Å². The van der Waals surface area contributed by atoms with E-state index in [1.54, 1.807) is 6.07 Å². The summed E-state index contributed by atoms with van der Waals surface area (Å²) in [7, 11) is -3.82. The summed E-state index contributed by atoms with van der Waals surface area (Å²) in [6.45, 7) is 5.67. The summed E-state index contributed by atoms with van der Waals surface area (Å²) >= 11 is 0. The molecule has 0 spiro atoms. The van der Waals surface area contributed by atoms with Crippen molar-refractivity contribution in [2.45, 2.75) is 18.4 Å². The molecule has 0 bridgehead atoms. The van der Waals surface area contributed by atoms with Gasteiger partial charge in [-0.05, 0) is 25.1 Å².